The molecular formula is C18H33Cl2N3O. The topological polar surface area (TPSA) is 38.2 Å². The van der Waals surface area contributed by atoms with Crippen LogP contribution in [0.4, 0.5) is 0 Å². The number of rotatable bonds is 3. The Bertz CT molecular complexity index is 456. The highest BCUT2D eigenvalue weighted by molar-refractivity contribution is 6.32. The summed E-state index contributed by atoms with van der Waals surface area (Å²) in [4.78, 5) is 10.3. The van der Waals surface area contributed by atoms with Gasteiger partial charge in [-0.1, -0.05) is 39.3 Å². The van der Waals surface area contributed by atoms with Crippen LogP contribution in [0, 0.1) is 0 Å². The molecule has 1 saturated heterocycles. The number of likely N-dealkylation sites (tertiary alicyclic amines) is 1. The van der Waals surface area contributed by atoms with Crippen molar-refractivity contribution in [3.8, 4) is 0 Å². The third-order valence-corrected chi connectivity index (χ3v) is 3.74. The first-order valence-electron chi connectivity index (χ1n) is 8.90. The van der Waals surface area contributed by atoms with Crippen LogP contribution >= 0.6 is 23.2 Å². The van der Waals surface area contributed by atoms with Gasteiger partial charge in [-0.3, -0.25) is 4.90 Å². The van der Waals surface area contributed by atoms with Gasteiger partial charge >= 0.3 is 0 Å². The minimum Gasteiger partial charge on any atom is -0.373 e. The predicted octanol–water partition coefficient (Wildman–Crippen LogP) is 5.62. The molecule has 24 heavy (non-hydrogen) atoms. The van der Waals surface area contributed by atoms with Gasteiger partial charge in [-0.05, 0) is 45.2 Å². The van der Waals surface area contributed by atoms with Crippen LogP contribution in [0.25, 0.3) is 0 Å². The number of ether oxygens (including phenoxy) is 1. The highest BCUT2D eigenvalue weighted by atomic mass is 35.5. The minimum atomic E-state index is -0.0693. The Morgan fingerprint density at radius 2 is 1.67 bits per heavy atom. The van der Waals surface area contributed by atoms with Crippen molar-refractivity contribution in [1.29, 1.82) is 0 Å². The zero-order valence-corrected chi connectivity index (χ0v) is 17.7. The normalized spacial score (nSPS) is 15.9. The number of halogens is 2. The van der Waals surface area contributed by atoms with Crippen molar-refractivity contribution in [1.82, 2.24) is 14.9 Å². The zero-order valence-electron chi connectivity index (χ0n) is 16.2. The number of nitrogens with zero attached hydrogens (tertiary/aromatic N) is 3. The van der Waals surface area contributed by atoms with E-state index >= 15 is 0 Å². The van der Waals surface area contributed by atoms with Gasteiger partial charge in [0.1, 0.15) is 5.15 Å². The molecule has 0 amide bonds. The second kappa shape index (κ2) is 12.0. The zero-order chi connectivity index (χ0) is 18.8. The lowest BCUT2D eigenvalue weighted by Gasteiger charge is -2.35. The fraction of sp³-hybridized carbons (Fsp3) is 0.778. The first kappa shape index (κ1) is 23.6. The van der Waals surface area contributed by atoms with Crippen molar-refractivity contribution < 1.29 is 4.74 Å². The maximum atomic E-state index is 6.08. The Balaban J connectivity index is 0.00000123. The van der Waals surface area contributed by atoms with Crippen LogP contribution < -0.4 is 0 Å². The van der Waals surface area contributed by atoms with Crippen molar-refractivity contribution in [2.45, 2.75) is 79.6 Å². The van der Waals surface area contributed by atoms with Crippen LogP contribution in [0.3, 0.4) is 0 Å². The van der Waals surface area contributed by atoms with E-state index < -0.39 is 0 Å². The summed E-state index contributed by atoms with van der Waals surface area (Å²) in [5, 5.41) is 0.633. The average Bonchev–Trinajstić information content (AvgIpc) is 2.54. The summed E-state index contributed by atoms with van der Waals surface area (Å²) in [5.41, 5.74) is 0.853. The van der Waals surface area contributed by atoms with E-state index in [1.807, 2.05) is 27.7 Å². The van der Waals surface area contributed by atoms with Crippen LogP contribution in [0.2, 0.25) is 10.4 Å². The van der Waals surface area contributed by atoms with Gasteiger partial charge in [0, 0.05) is 31.4 Å². The van der Waals surface area contributed by atoms with Crippen LogP contribution in [0.5, 0.6) is 0 Å². The molecule has 0 bridgehead atoms. The SMILES string of the molecule is CC.CC.CC(C)(C)OC1CCN(Cc2cnc(Cl)nc2Cl)CC1. The molecule has 1 aromatic rings. The molecule has 0 aliphatic carbocycles. The fourth-order valence-electron chi connectivity index (χ4n) is 2.40. The lowest BCUT2D eigenvalue weighted by atomic mass is 10.1. The Morgan fingerprint density at radius 3 is 2.12 bits per heavy atom. The van der Waals surface area contributed by atoms with Crippen molar-refractivity contribution >= 4 is 23.2 Å². The van der Waals surface area contributed by atoms with Crippen molar-refractivity contribution in [3.05, 3.63) is 22.2 Å². The molecule has 0 saturated carbocycles. The summed E-state index contributed by atoms with van der Waals surface area (Å²) < 4.78 is 6.02. The van der Waals surface area contributed by atoms with Crippen LogP contribution in [-0.2, 0) is 11.3 Å². The van der Waals surface area contributed by atoms with Crippen LogP contribution in [0.15, 0.2) is 6.20 Å². The molecule has 1 fully saturated rings. The van der Waals surface area contributed by atoms with E-state index in [9.17, 15) is 0 Å². The molecule has 0 unspecified atom stereocenters. The van der Waals surface area contributed by atoms with E-state index in [0.717, 1.165) is 38.0 Å². The summed E-state index contributed by atoms with van der Waals surface area (Å²) in [6.07, 6.45) is 4.14. The average molecular weight is 378 g/mol. The monoisotopic (exact) mass is 377 g/mol. The second-order valence-electron chi connectivity index (χ2n) is 6.16. The standard InChI is InChI=1S/C14H21Cl2N3O.2C2H6/c1-14(2,3)20-11-4-6-19(7-5-11)9-10-8-17-13(16)18-12(10)15;2*1-2/h8,11H,4-7,9H2,1-3H3;2*1-2H3. The van der Waals surface area contributed by atoms with Crippen LogP contribution in [-0.4, -0.2) is 39.7 Å². The van der Waals surface area contributed by atoms with Gasteiger partial charge in [0.15, 0.2) is 0 Å². The van der Waals surface area contributed by atoms with Crippen molar-refractivity contribution in [3.63, 3.8) is 0 Å². The quantitative estimate of drug-likeness (QED) is 0.506. The van der Waals surface area contributed by atoms with E-state index in [1.165, 1.54) is 0 Å². The summed E-state index contributed by atoms with van der Waals surface area (Å²) in [5.74, 6) is 0. The van der Waals surface area contributed by atoms with E-state index in [-0.39, 0.29) is 10.9 Å². The van der Waals surface area contributed by atoms with E-state index in [4.69, 9.17) is 27.9 Å². The van der Waals surface area contributed by atoms with Gasteiger partial charge in [0.05, 0.1) is 11.7 Å². The number of piperidine rings is 1. The van der Waals surface area contributed by atoms with Gasteiger partial charge in [0.2, 0.25) is 5.28 Å². The third-order valence-electron chi connectivity index (χ3n) is 3.23. The molecule has 4 nitrogen and oxygen atoms in total. The molecule has 6 heteroatoms. The predicted molar refractivity (Wildman–Crippen MR) is 104 cm³/mol. The van der Waals surface area contributed by atoms with E-state index in [0.29, 0.717) is 11.3 Å². The van der Waals surface area contributed by atoms with Gasteiger partial charge < -0.3 is 4.74 Å². The lowest BCUT2D eigenvalue weighted by molar-refractivity contribution is -0.0827. The Labute approximate surface area is 157 Å². The van der Waals surface area contributed by atoms with Crippen molar-refractivity contribution in [2.75, 3.05) is 13.1 Å². The molecule has 0 atom stereocenters. The van der Waals surface area contributed by atoms with Crippen LogP contribution in [0.1, 0.15) is 66.9 Å². The highest BCUT2D eigenvalue weighted by Crippen LogP contribution is 2.22. The molecule has 1 aliphatic rings. The Kier molecular flexibility index (Phi) is 11.8. The molecule has 2 rings (SSSR count). The molecule has 1 aromatic heterocycles. The van der Waals surface area contributed by atoms with Gasteiger partial charge in [-0.2, -0.15) is 0 Å². The first-order chi connectivity index (χ1) is 11.3. The summed E-state index contributed by atoms with van der Waals surface area (Å²) in [6.45, 7) is 17.1. The molecule has 140 valence electrons. The largest absolute Gasteiger partial charge is 0.373 e. The molecule has 1 aliphatic heterocycles. The first-order valence-corrected chi connectivity index (χ1v) is 9.66. The summed E-state index contributed by atoms with van der Waals surface area (Å²) in [6, 6.07) is 0. The molecule has 2 heterocycles. The second-order valence-corrected chi connectivity index (χ2v) is 6.86. The maximum Gasteiger partial charge on any atom is 0.223 e. The lowest BCUT2D eigenvalue weighted by Crippen LogP contribution is -2.39. The third kappa shape index (κ3) is 9.16. The highest BCUT2D eigenvalue weighted by Gasteiger charge is 2.24. The fourth-order valence-corrected chi connectivity index (χ4v) is 2.76. The molecule has 0 radical (unpaired) electrons. The molecule has 0 N–H and O–H groups in total. The van der Waals surface area contributed by atoms with Crippen molar-refractivity contribution in [2.24, 2.45) is 0 Å². The summed E-state index contributed by atoms with van der Waals surface area (Å²) >= 11 is 11.8. The summed E-state index contributed by atoms with van der Waals surface area (Å²) in [7, 11) is 0. The number of aromatic nitrogens is 2. The Hall–Kier alpha value is -0.420. The van der Waals surface area contributed by atoms with E-state index in [1.54, 1.807) is 6.20 Å². The number of hydrogen-bond acceptors (Lipinski definition) is 4. The van der Waals surface area contributed by atoms with Gasteiger partial charge in [0.25, 0.3) is 0 Å². The number of hydrogen-bond donors (Lipinski definition) is 0. The Morgan fingerprint density at radius 1 is 1.12 bits per heavy atom. The van der Waals surface area contributed by atoms with E-state index in [2.05, 4.69) is 35.6 Å². The van der Waals surface area contributed by atoms with Gasteiger partial charge in [-0.15, -0.1) is 0 Å². The molecular weight excluding hydrogens is 345 g/mol. The smallest absolute Gasteiger partial charge is 0.223 e. The molecule has 0 spiro atoms. The maximum absolute atomic E-state index is 6.08. The minimum absolute atomic E-state index is 0.0693. The van der Waals surface area contributed by atoms with Gasteiger partial charge in [-0.25, -0.2) is 9.97 Å². The molecule has 0 aromatic carbocycles.